The first kappa shape index (κ1) is 92.7. The van der Waals surface area contributed by atoms with Crippen LogP contribution in [0.25, 0.3) is 0 Å². The fourth-order valence-electron chi connectivity index (χ4n) is 0. The van der Waals surface area contributed by atoms with E-state index in [4.69, 9.17) is 35.0 Å². The molecule has 19 heavy (non-hydrogen) atoms. The monoisotopic (exact) mass is 434 g/mol. The summed E-state index contributed by atoms with van der Waals surface area (Å²) in [6.45, 7) is 0. The van der Waals surface area contributed by atoms with E-state index in [0.717, 1.165) is 0 Å². The molecule has 14 N–H and O–H groups in total. The van der Waals surface area contributed by atoms with Crippen LogP contribution in [0.1, 0.15) is 0 Å². The molecular formula is H14Ni2O15S2. The molecule has 0 aromatic carbocycles. The summed E-state index contributed by atoms with van der Waals surface area (Å²) in [7, 11) is -10.3. The molecule has 0 aromatic rings. The molecular weight excluding hydrogens is 422 g/mol. The van der Waals surface area contributed by atoms with Crippen LogP contribution >= 0.6 is 0 Å². The molecule has 0 aliphatic carbocycles. The smallest absolute Gasteiger partial charge is 0.759 e. The maximum Gasteiger partial charge on any atom is 2.00 e. The van der Waals surface area contributed by atoms with Crippen LogP contribution in [0.3, 0.4) is 0 Å². The van der Waals surface area contributed by atoms with E-state index >= 15 is 0 Å². The molecule has 0 rings (SSSR count). The quantitative estimate of drug-likeness (QED) is 0.199. The van der Waals surface area contributed by atoms with Gasteiger partial charge in [0.05, 0.1) is 0 Å². The van der Waals surface area contributed by atoms with Crippen molar-refractivity contribution in [2.75, 3.05) is 0 Å². The van der Waals surface area contributed by atoms with E-state index in [1.54, 1.807) is 0 Å². The van der Waals surface area contributed by atoms with Gasteiger partial charge in [0.2, 0.25) is 0 Å². The molecule has 19 heteroatoms. The van der Waals surface area contributed by atoms with Crippen LogP contribution in [0.2, 0.25) is 0 Å². The van der Waals surface area contributed by atoms with Gasteiger partial charge in [-0.05, 0) is 0 Å². The standard InChI is InChI=1S/2Ni.2H2O4S.7H2O/c;;2*1-5(2,3)4;;;;;;;/h;;2*(H2,1,2,3,4);7*1H2/q2*+2;;;;;;;;;/p-4. The van der Waals surface area contributed by atoms with Crippen LogP contribution in [0.4, 0.5) is 0 Å². The van der Waals surface area contributed by atoms with Gasteiger partial charge in [-0.15, -0.1) is 0 Å². The number of hydrogen-bond acceptors (Lipinski definition) is 8. The Labute approximate surface area is 127 Å². The average molecular weight is 436 g/mol. The Balaban J connectivity index is -0.00000000508. The summed E-state index contributed by atoms with van der Waals surface area (Å²) in [6.07, 6.45) is 0. The van der Waals surface area contributed by atoms with Gasteiger partial charge < -0.3 is 56.5 Å². The van der Waals surface area contributed by atoms with E-state index in [0.29, 0.717) is 0 Å². The molecule has 0 bridgehead atoms. The van der Waals surface area contributed by atoms with E-state index < -0.39 is 20.8 Å². The number of hydrogen-bond donors (Lipinski definition) is 0. The predicted octanol–water partition coefficient (Wildman–Crippen LogP) is -8.45. The molecule has 0 aliphatic rings. The van der Waals surface area contributed by atoms with Gasteiger partial charge in [0, 0.05) is 20.8 Å². The normalized spacial score (nSPS) is 6.11. The first-order valence-electron chi connectivity index (χ1n) is 1.33. The van der Waals surface area contributed by atoms with Gasteiger partial charge in [-0.1, -0.05) is 0 Å². The second-order valence-corrected chi connectivity index (χ2v) is 2.45. The molecule has 0 spiro atoms. The van der Waals surface area contributed by atoms with Gasteiger partial charge >= 0.3 is 33.0 Å². The van der Waals surface area contributed by atoms with Crippen LogP contribution in [-0.4, -0.2) is 73.4 Å². The van der Waals surface area contributed by atoms with Crippen LogP contribution in [0, 0.1) is 0 Å². The van der Waals surface area contributed by atoms with Crippen molar-refractivity contribution in [2.45, 2.75) is 0 Å². The van der Waals surface area contributed by atoms with Gasteiger partial charge in [0.15, 0.2) is 0 Å². The minimum Gasteiger partial charge on any atom is -0.759 e. The van der Waals surface area contributed by atoms with E-state index in [9.17, 15) is 0 Å². The van der Waals surface area contributed by atoms with Crippen molar-refractivity contribution >= 4 is 20.8 Å². The van der Waals surface area contributed by atoms with Crippen LogP contribution in [-0.2, 0) is 53.8 Å². The van der Waals surface area contributed by atoms with Crippen molar-refractivity contribution in [1.82, 2.24) is 0 Å². The molecule has 15 nitrogen and oxygen atoms in total. The fraction of sp³-hybridized carbons (Fsp3) is 0. The molecule has 0 amide bonds. The zero-order chi connectivity index (χ0) is 9.00. The van der Waals surface area contributed by atoms with Crippen LogP contribution in [0.5, 0.6) is 0 Å². The van der Waals surface area contributed by atoms with Gasteiger partial charge in [-0.2, -0.15) is 0 Å². The maximum atomic E-state index is 8.52. The summed E-state index contributed by atoms with van der Waals surface area (Å²) in [4.78, 5) is 0. The van der Waals surface area contributed by atoms with Crippen LogP contribution in [0.15, 0.2) is 0 Å². The van der Waals surface area contributed by atoms with Gasteiger partial charge in [-0.25, -0.2) is 0 Å². The van der Waals surface area contributed by atoms with Crippen molar-refractivity contribution in [1.29, 1.82) is 0 Å². The zero-order valence-corrected chi connectivity index (χ0v) is 11.8. The van der Waals surface area contributed by atoms with Crippen molar-refractivity contribution in [2.24, 2.45) is 0 Å². The molecule has 0 heterocycles. The predicted molar refractivity (Wildman–Crippen MR) is 46.2 cm³/mol. The first-order valence-corrected chi connectivity index (χ1v) is 4.00. The van der Waals surface area contributed by atoms with Crippen molar-refractivity contribution < 1.29 is 106 Å². The SMILES string of the molecule is O.O.O.O.O.O.O.O=S(=O)([O-])[O-].O=S(=O)([O-])[O-].[Ni+2].[Ni+2]. The average Bonchev–Trinajstić information content (AvgIpc) is 1.12. The molecule has 0 aromatic heterocycles. The topological polar surface area (TPSA) is 381 Å². The van der Waals surface area contributed by atoms with E-state index in [1.165, 1.54) is 0 Å². The maximum absolute atomic E-state index is 8.52. The van der Waals surface area contributed by atoms with Gasteiger partial charge in [0.25, 0.3) is 0 Å². The molecule has 0 radical (unpaired) electrons. The van der Waals surface area contributed by atoms with Gasteiger partial charge in [-0.3, -0.25) is 16.8 Å². The Kier molecular flexibility index (Phi) is 177. The third-order valence-electron chi connectivity index (χ3n) is 0. The molecule has 0 aliphatic heterocycles. The minimum absolute atomic E-state index is 0. The summed E-state index contributed by atoms with van der Waals surface area (Å²) in [5.74, 6) is 0. The van der Waals surface area contributed by atoms with E-state index in [-0.39, 0.29) is 71.3 Å². The Morgan fingerprint density at radius 1 is 0.421 bits per heavy atom. The summed E-state index contributed by atoms with van der Waals surface area (Å²) in [5.41, 5.74) is 0. The number of rotatable bonds is 0. The fourth-order valence-corrected chi connectivity index (χ4v) is 0. The third kappa shape index (κ3) is 25000. The Hall–Kier alpha value is 0.447. The summed E-state index contributed by atoms with van der Waals surface area (Å²) < 4.78 is 68.2. The largest absolute Gasteiger partial charge is 2.00 e. The summed E-state index contributed by atoms with van der Waals surface area (Å²) >= 11 is 0. The second-order valence-electron chi connectivity index (χ2n) is 0.816. The molecule has 0 fully saturated rings. The van der Waals surface area contributed by atoms with Crippen molar-refractivity contribution in [3.8, 4) is 0 Å². The van der Waals surface area contributed by atoms with E-state index in [1.807, 2.05) is 0 Å². The Morgan fingerprint density at radius 2 is 0.421 bits per heavy atom. The van der Waals surface area contributed by atoms with Gasteiger partial charge in [0.1, 0.15) is 0 Å². The molecule has 0 atom stereocenters. The second kappa shape index (κ2) is 36.2. The third-order valence-corrected chi connectivity index (χ3v) is 0. The van der Waals surface area contributed by atoms with Crippen LogP contribution < -0.4 is 0 Å². The summed E-state index contributed by atoms with van der Waals surface area (Å²) in [5, 5.41) is 0. The molecule has 136 valence electrons. The van der Waals surface area contributed by atoms with Crippen molar-refractivity contribution in [3.05, 3.63) is 0 Å². The Morgan fingerprint density at radius 3 is 0.421 bits per heavy atom. The minimum atomic E-state index is -5.17. The first-order chi connectivity index (χ1) is 4.00. The summed E-state index contributed by atoms with van der Waals surface area (Å²) in [6, 6.07) is 0. The molecule has 0 unspecified atom stereocenters. The Bertz CT molecular complexity index is 215. The van der Waals surface area contributed by atoms with E-state index in [2.05, 4.69) is 0 Å². The zero-order valence-electron chi connectivity index (χ0n) is 8.21. The van der Waals surface area contributed by atoms with Crippen molar-refractivity contribution in [3.63, 3.8) is 0 Å². The molecule has 0 saturated carbocycles. The molecule has 0 saturated heterocycles.